The fourth-order valence-corrected chi connectivity index (χ4v) is 1.82. The molecule has 0 bridgehead atoms. The summed E-state index contributed by atoms with van der Waals surface area (Å²) in [7, 11) is 1.34. The van der Waals surface area contributed by atoms with Gasteiger partial charge in [-0.2, -0.15) is 0 Å². The van der Waals surface area contributed by atoms with Crippen LogP contribution in [0.4, 0.5) is 0 Å². The van der Waals surface area contributed by atoms with E-state index in [1.807, 2.05) is 30.3 Å². The Hall–Kier alpha value is -1.94. The molecular weight excluding hydrogens is 216 g/mol. The van der Waals surface area contributed by atoms with E-state index in [1.165, 1.54) is 7.11 Å². The van der Waals surface area contributed by atoms with Gasteiger partial charge in [-0.1, -0.05) is 18.2 Å². The highest BCUT2D eigenvalue weighted by atomic mass is 16.5. The Labute approximate surface area is 99.4 Å². The van der Waals surface area contributed by atoms with Gasteiger partial charge in [-0.25, -0.2) is 0 Å². The van der Waals surface area contributed by atoms with Crippen LogP contribution in [-0.2, 0) is 16.0 Å². The summed E-state index contributed by atoms with van der Waals surface area (Å²) < 4.78 is 4.62. The molecule has 0 fully saturated rings. The summed E-state index contributed by atoms with van der Waals surface area (Å²) in [6.45, 7) is 0. The number of nitrogens with zero attached hydrogens (tertiary/aromatic N) is 1. The minimum atomic E-state index is -0.634. The number of ether oxygens (including phenoxy) is 1. The van der Waals surface area contributed by atoms with Gasteiger partial charge in [0, 0.05) is 11.6 Å². The lowest BCUT2D eigenvalue weighted by molar-refractivity contribution is -0.142. The van der Waals surface area contributed by atoms with Crippen LogP contribution >= 0.6 is 0 Å². The summed E-state index contributed by atoms with van der Waals surface area (Å²) in [6.07, 6.45) is 2.20. The number of methoxy groups -OCH3 is 1. The molecule has 0 amide bonds. The summed E-state index contributed by atoms with van der Waals surface area (Å²) in [4.78, 5) is 15.5. The number of pyridine rings is 1. The molecule has 1 atom stereocenters. The zero-order chi connectivity index (χ0) is 12.3. The van der Waals surface area contributed by atoms with E-state index in [4.69, 9.17) is 5.73 Å². The highest BCUT2D eigenvalue weighted by Gasteiger charge is 2.15. The van der Waals surface area contributed by atoms with Crippen LogP contribution in [0.5, 0.6) is 0 Å². The minimum absolute atomic E-state index is 0.397. The second-order valence-electron chi connectivity index (χ2n) is 3.82. The van der Waals surface area contributed by atoms with E-state index in [0.717, 1.165) is 16.5 Å². The Bertz CT molecular complexity index is 534. The molecule has 0 aliphatic carbocycles. The van der Waals surface area contributed by atoms with Crippen LogP contribution in [0.3, 0.4) is 0 Å². The van der Waals surface area contributed by atoms with Crippen molar-refractivity contribution in [3.8, 4) is 0 Å². The third kappa shape index (κ3) is 2.42. The van der Waals surface area contributed by atoms with Crippen molar-refractivity contribution < 1.29 is 9.53 Å². The number of carbonyl (C=O) groups excluding carboxylic acids is 1. The first-order valence-electron chi connectivity index (χ1n) is 5.38. The quantitative estimate of drug-likeness (QED) is 0.807. The molecule has 1 aromatic carbocycles. The number of hydrogen-bond acceptors (Lipinski definition) is 4. The van der Waals surface area contributed by atoms with Gasteiger partial charge in [0.2, 0.25) is 0 Å². The molecule has 0 radical (unpaired) electrons. The molecule has 4 nitrogen and oxygen atoms in total. The Morgan fingerprint density at radius 3 is 3.00 bits per heavy atom. The van der Waals surface area contributed by atoms with E-state index in [2.05, 4.69) is 9.72 Å². The summed E-state index contributed by atoms with van der Waals surface area (Å²) in [5, 5.41) is 1.02. The Balaban J connectivity index is 2.33. The Morgan fingerprint density at radius 2 is 2.24 bits per heavy atom. The van der Waals surface area contributed by atoms with Crippen LogP contribution in [0.25, 0.3) is 10.9 Å². The normalized spacial score (nSPS) is 12.4. The molecule has 17 heavy (non-hydrogen) atoms. The molecule has 0 unspecified atom stereocenters. The monoisotopic (exact) mass is 230 g/mol. The molecule has 0 spiro atoms. The smallest absolute Gasteiger partial charge is 0.322 e. The first kappa shape index (κ1) is 11.5. The van der Waals surface area contributed by atoms with Crippen molar-refractivity contribution in [2.45, 2.75) is 12.5 Å². The number of carbonyl (C=O) groups is 1. The number of rotatable bonds is 3. The predicted octanol–water partition coefficient (Wildman–Crippen LogP) is 1.28. The third-order valence-electron chi connectivity index (χ3n) is 2.68. The van der Waals surface area contributed by atoms with Gasteiger partial charge >= 0.3 is 5.97 Å². The number of nitrogens with two attached hydrogens (primary N) is 1. The Morgan fingerprint density at radius 1 is 1.41 bits per heavy atom. The number of hydrogen-bond donors (Lipinski definition) is 1. The maximum Gasteiger partial charge on any atom is 0.322 e. The lowest BCUT2D eigenvalue weighted by Gasteiger charge is -2.10. The average Bonchev–Trinajstić information content (AvgIpc) is 2.38. The van der Waals surface area contributed by atoms with Gasteiger partial charge in [-0.15, -0.1) is 0 Å². The molecule has 0 saturated heterocycles. The Kier molecular flexibility index (Phi) is 3.35. The van der Waals surface area contributed by atoms with Gasteiger partial charge in [0.1, 0.15) is 6.04 Å². The second kappa shape index (κ2) is 4.93. The van der Waals surface area contributed by atoms with Crippen LogP contribution in [0, 0.1) is 0 Å². The number of fused-ring (bicyclic) bond motifs is 1. The van der Waals surface area contributed by atoms with Gasteiger partial charge in [-0.3, -0.25) is 9.78 Å². The van der Waals surface area contributed by atoms with E-state index in [-0.39, 0.29) is 0 Å². The predicted molar refractivity (Wildman–Crippen MR) is 65.4 cm³/mol. The van der Waals surface area contributed by atoms with Crippen LogP contribution in [0.2, 0.25) is 0 Å². The minimum Gasteiger partial charge on any atom is -0.468 e. The van der Waals surface area contributed by atoms with Crippen molar-refractivity contribution in [2.24, 2.45) is 5.73 Å². The average molecular weight is 230 g/mol. The van der Waals surface area contributed by atoms with Gasteiger partial charge in [0.05, 0.1) is 12.6 Å². The van der Waals surface area contributed by atoms with Crippen molar-refractivity contribution in [3.05, 3.63) is 42.1 Å². The van der Waals surface area contributed by atoms with E-state index in [9.17, 15) is 4.79 Å². The topological polar surface area (TPSA) is 65.2 Å². The zero-order valence-electron chi connectivity index (χ0n) is 9.59. The van der Waals surface area contributed by atoms with Crippen LogP contribution < -0.4 is 5.73 Å². The van der Waals surface area contributed by atoms with Crippen molar-refractivity contribution in [1.82, 2.24) is 4.98 Å². The van der Waals surface area contributed by atoms with Crippen molar-refractivity contribution >= 4 is 16.9 Å². The first-order chi connectivity index (χ1) is 8.22. The van der Waals surface area contributed by atoms with E-state index < -0.39 is 12.0 Å². The van der Waals surface area contributed by atoms with Gasteiger partial charge in [0.15, 0.2) is 0 Å². The summed E-state index contributed by atoms with van der Waals surface area (Å²) in [6, 6.07) is 9.01. The molecule has 4 heteroatoms. The number of benzene rings is 1. The second-order valence-corrected chi connectivity index (χ2v) is 3.82. The molecule has 2 N–H and O–H groups in total. The largest absolute Gasteiger partial charge is 0.468 e. The third-order valence-corrected chi connectivity index (χ3v) is 2.68. The van der Waals surface area contributed by atoms with Gasteiger partial charge in [0.25, 0.3) is 0 Å². The van der Waals surface area contributed by atoms with Crippen molar-refractivity contribution in [2.75, 3.05) is 7.11 Å². The summed E-state index contributed by atoms with van der Waals surface area (Å²) in [5.41, 5.74) is 7.67. The van der Waals surface area contributed by atoms with E-state index in [0.29, 0.717) is 6.42 Å². The van der Waals surface area contributed by atoms with Gasteiger partial charge < -0.3 is 10.5 Å². The summed E-state index contributed by atoms with van der Waals surface area (Å²) in [5.74, 6) is -0.397. The summed E-state index contributed by atoms with van der Waals surface area (Å²) >= 11 is 0. The van der Waals surface area contributed by atoms with Crippen LogP contribution in [-0.4, -0.2) is 24.1 Å². The zero-order valence-corrected chi connectivity index (χ0v) is 9.59. The molecule has 1 aromatic heterocycles. The van der Waals surface area contributed by atoms with Gasteiger partial charge in [-0.05, 0) is 24.1 Å². The van der Waals surface area contributed by atoms with Crippen molar-refractivity contribution in [1.29, 1.82) is 0 Å². The molecule has 0 saturated carbocycles. The van der Waals surface area contributed by atoms with Crippen LogP contribution in [0.1, 0.15) is 5.56 Å². The number of aromatic nitrogens is 1. The van der Waals surface area contributed by atoms with E-state index >= 15 is 0 Å². The fourth-order valence-electron chi connectivity index (χ4n) is 1.82. The lowest BCUT2D eigenvalue weighted by atomic mass is 10.0. The molecule has 1 heterocycles. The highest BCUT2D eigenvalue weighted by molar-refractivity contribution is 5.83. The molecular formula is C13H14N2O2. The SMILES string of the molecule is COC(=O)[C@H](N)Cc1cccc2ncccc12. The first-order valence-corrected chi connectivity index (χ1v) is 5.38. The molecule has 2 rings (SSSR count). The standard InChI is InChI=1S/C13H14N2O2/c1-17-13(16)11(14)8-9-4-2-6-12-10(9)5-3-7-15-12/h2-7,11H,8,14H2,1H3/t11-/m1/s1. The maximum absolute atomic E-state index is 11.3. The highest BCUT2D eigenvalue weighted by Crippen LogP contribution is 2.17. The molecule has 0 aliphatic heterocycles. The molecule has 0 aliphatic rings. The van der Waals surface area contributed by atoms with Crippen molar-refractivity contribution in [3.63, 3.8) is 0 Å². The molecule has 88 valence electrons. The fraction of sp³-hybridized carbons (Fsp3) is 0.231. The molecule has 2 aromatic rings. The lowest BCUT2D eigenvalue weighted by Crippen LogP contribution is -2.33. The maximum atomic E-state index is 11.3. The van der Waals surface area contributed by atoms with E-state index in [1.54, 1.807) is 6.20 Å². The van der Waals surface area contributed by atoms with Crippen LogP contribution in [0.15, 0.2) is 36.5 Å². The number of esters is 1.